The fraction of sp³-hybridized carbons (Fsp3) is 0.667. The molecule has 0 aromatic carbocycles. The van der Waals surface area contributed by atoms with Crippen molar-refractivity contribution in [1.82, 2.24) is 14.1 Å². The van der Waals surface area contributed by atoms with E-state index in [9.17, 15) is 13.2 Å². The third-order valence-corrected chi connectivity index (χ3v) is 5.87. The molecule has 1 aliphatic heterocycles. The predicted molar refractivity (Wildman–Crippen MR) is 75.9 cm³/mol. The van der Waals surface area contributed by atoms with Crippen molar-refractivity contribution in [3.8, 4) is 0 Å². The first-order valence-electron chi connectivity index (χ1n) is 6.69. The Morgan fingerprint density at radius 2 is 2.10 bits per heavy atom. The maximum Gasteiger partial charge on any atom is 0.324 e. The van der Waals surface area contributed by atoms with Gasteiger partial charge in [-0.15, -0.1) is 0 Å². The standard InChI is InChI=1S/C12H20N4O4S/c1-8-10(11(13)14-15(8)2)21(18,19)16-7-5-4-6-9(16)12(17)20-3/h9H,4-7H2,1-3H3,(H2,13,14). The molecule has 0 bridgehead atoms. The molecule has 8 nitrogen and oxygen atoms in total. The number of esters is 1. The van der Waals surface area contributed by atoms with Crippen LogP contribution >= 0.6 is 0 Å². The summed E-state index contributed by atoms with van der Waals surface area (Å²) in [5.74, 6) is -0.595. The number of carbonyl (C=O) groups is 1. The van der Waals surface area contributed by atoms with Gasteiger partial charge in [0.05, 0.1) is 12.8 Å². The zero-order valence-corrected chi connectivity index (χ0v) is 13.2. The third-order valence-electron chi connectivity index (χ3n) is 3.80. The Morgan fingerprint density at radius 1 is 1.43 bits per heavy atom. The van der Waals surface area contributed by atoms with Gasteiger partial charge in [0.25, 0.3) is 0 Å². The van der Waals surface area contributed by atoms with E-state index in [2.05, 4.69) is 5.10 Å². The molecule has 1 aliphatic rings. The summed E-state index contributed by atoms with van der Waals surface area (Å²) in [4.78, 5) is 11.8. The highest BCUT2D eigenvalue weighted by molar-refractivity contribution is 7.89. The number of ether oxygens (including phenoxy) is 1. The lowest BCUT2D eigenvalue weighted by Gasteiger charge is -2.32. The number of rotatable bonds is 3. The molecule has 1 unspecified atom stereocenters. The van der Waals surface area contributed by atoms with Crippen molar-refractivity contribution < 1.29 is 17.9 Å². The van der Waals surface area contributed by atoms with E-state index in [1.54, 1.807) is 14.0 Å². The van der Waals surface area contributed by atoms with Crippen molar-refractivity contribution in [1.29, 1.82) is 0 Å². The number of hydrogen-bond donors (Lipinski definition) is 1. The average Bonchev–Trinajstić information content (AvgIpc) is 2.71. The molecule has 0 spiro atoms. The lowest BCUT2D eigenvalue weighted by atomic mass is 10.1. The molecular weight excluding hydrogens is 296 g/mol. The van der Waals surface area contributed by atoms with Gasteiger partial charge in [-0.3, -0.25) is 9.48 Å². The summed E-state index contributed by atoms with van der Waals surface area (Å²) < 4.78 is 33.0. The first-order valence-corrected chi connectivity index (χ1v) is 8.13. The number of anilines is 1. The quantitative estimate of drug-likeness (QED) is 0.788. The van der Waals surface area contributed by atoms with E-state index < -0.39 is 22.0 Å². The maximum atomic E-state index is 12.9. The molecule has 0 saturated carbocycles. The number of nitrogen functional groups attached to an aromatic ring is 1. The average molecular weight is 316 g/mol. The Hall–Kier alpha value is -1.61. The maximum absolute atomic E-state index is 12.9. The van der Waals surface area contributed by atoms with Crippen LogP contribution in [-0.4, -0.2) is 48.2 Å². The molecule has 9 heteroatoms. The van der Waals surface area contributed by atoms with Gasteiger partial charge in [0.15, 0.2) is 5.82 Å². The number of carbonyl (C=O) groups excluding carboxylic acids is 1. The zero-order chi connectivity index (χ0) is 15.8. The summed E-state index contributed by atoms with van der Waals surface area (Å²) in [5.41, 5.74) is 6.18. The second kappa shape index (κ2) is 5.64. The lowest BCUT2D eigenvalue weighted by Crippen LogP contribution is -2.48. The van der Waals surface area contributed by atoms with Crippen LogP contribution in [0.1, 0.15) is 25.0 Å². The highest BCUT2D eigenvalue weighted by atomic mass is 32.2. The van der Waals surface area contributed by atoms with Gasteiger partial charge in [-0.25, -0.2) is 8.42 Å². The van der Waals surface area contributed by atoms with Crippen molar-refractivity contribution in [3.63, 3.8) is 0 Å². The van der Waals surface area contributed by atoms with Crippen molar-refractivity contribution in [2.75, 3.05) is 19.4 Å². The Morgan fingerprint density at radius 3 is 2.62 bits per heavy atom. The van der Waals surface area contributed by atoms with Gasteiger partial charge in [0.2, 0.25) is 10.0 Å². The SMILES string of the molecule is COC(=O)C1CCCCN1S(=O)(=O)c1c(N)nn(C)c1C. The van der Waals surface area contributed by atoms with Crippen molar-refractivity contribution in [2.45, 2.75) is 37.1 Å². The van der Waals surface area contributed by atoms with Crippen LogP contribution in [0.5, 0.6) is 0 Å². The van der Waals surface area contributed by atoms with E-state index in [1.165, 1.54) is 16.1 Å². The Labute approximate surface area is 123 Å². The van der Waals surface area contributed by atoms with Gasteiger partial charge in [-0.2, -0.15) is 9.40 Å². The Bertz CT molecular complexity index is 652. The molecule has 2 rings (SSSR count). The van der Waals surface area contributed by atoms with E-state index in [0.717, 1.165) is 6.42 Å². The van der Waals surface area contributed by atoms with Crippen molar-refractivity contribution in [3.05, 3.63) is 5.69 Å². The topological polar surface area (TPSA) is 108 Å². The largest absolute Gasteiger partial charge is 0.468 e. The van der Waals surface area contributed by atoms with Crippen LogP contribution in [0.2, 0.25) is 0 Å². The Balaban J connectivity index is 2.48. The molecular formula is C12H20N4O4S. The molecule has 1 atom stereocenters. The fourth-order valence-electron chi connectivity index (χ4n) is 2.61. The highest BCUT2D eigenvalue weighted by Crippen LogP contribution is 2.30. The number of sulfonamides is 1. The van der Waals surface area contributed by atoms with Crippen molar-refractivity contribution in [2.24, 2.45) is 7.05 Å². The molecule has 118 valence electrons. The molecule has 2 N–H and O–H groups in total. The number of nitrogens with two attached hydrogens (primary N) is 1. The zero-order valence-electron chi connectivity index (χ0n) is 12.4. The summed E-state index contributed by atoms with van der Waals surface area (Å²) in [6, 6.07) is -0.798. The first-order chi connectivity index (χ1) is 9.80. The van der Waals surface area contributed by atoms with E-state index in [1.807, 2.05) is 0 Å². The van der Waals surface area contributed by atoms with Gasteiger partial charge in [-0.1, -0.05) is 0 Å². The summed E-state index contributed by atoms with van der Waals surface area (Å²) >= 11 is 0. The van der Waals surface area contributed by atoms with Gasteiger partial charge in [-0.05, 0) is 26.2 Å². The number of hydrogen-bond acceptors (Lipinski definition) is 6. The second-order valence-corrected chi connectivity index (χ2v) is 6.90. The number of nitrogens with zero attached hydrogens (tertiary/aromatic N) is 3. The smallest absolute Gasteiger partial charge is 0.324 e. The van der Waals surface area contributed by atoms with Crippen LogP contribution in [-0.2, 0) is 26.6 Å². The molecule has 21 heavy (non-hydrogen) atoms. The molecule has 1 aromatic rings. The highest BCUT2D eigenvalue weighted by Gasteiger charge is 2.40. The van der Waals surface area contributed by atoms with E-state index in [-0.39, 0.29) is 17.3 Å². The minimum absolute atomic E-state index is 0.0270. The second-order valence-electron chi connectivity index (χ2n) is 5.07. The van der Waals surface area contributed by atoms with Crippen LogP contribution in [0.3, 0.4) is 0 Å². The van der Waals surface area contributed by atoms with Crippen LogP contribution in [0.25, 0.3) is 0 Å². The van der Waals surface area contributed by atoms with Gasteiger partial charge in [0, 0.05) is 13.6 Å². The monoisotopic (exact) mass is 316 g/mol. The number of piperidine rings is 1. The summed E-state index contributed by atoms with van der Waals surface area (Å²) in [6.45, 7) is 1.91. The molecule has 1 fully saturated rings. The van der Waals surface area contributed by atoms with Crippen LogP contribution < -0.4 is 5.73 Å². The van der Waals surface area contributed by atoms with Crippen LogP contribution in [0.15, 0.2) is 4.90 Å². The fourth-order valence-corrected chi connectivity index (χ4v) is 4.56. The third kappa shape index (κ3) is 2.62. The molecule has 1 saturated heterocycles. The van der Waals surface area contributed by atoms with E-state index in [0.29, 0.717) is 18.5 Å². The van der Waals surface area contributed by atoms with Crippen LogP contribution in [0, 0.1) is 6.92 Å². The minimum atomic E-state index is -3.88. The molecule has 0 aliphatic carbocycles. The number of methoxy groups -OCH3 is 1. The first kappa shape index (κ1) is 15.8. The number of aromatic nitrogens is 2. The summed E-state index contributed by atoms with van der Waals surface area (Å²) in [6.07, 6.45) is 1.93. The summed E-state index contributed by atoms with van der Waals surface area (Å²) in [5, 5.41) is 3.93. The summed E-state index contributed by atoms with van der Waals surface area (Å²) in [7, 11) is -1.00. The normalized spacial score (nSPS) is 20.4. The molecule has 0 radical (unpaired) electrons. The van der Waals surface area contributed by atoms with E-state index >= 15 is 0 Å². The molecule has 2 heterocycles. The predicted octanol–water partition coefficient (Wildman–Crippen LogP) is 0.0269. The van der Waals surface area contributed by atoms with Crippen LogP contribution in [0.4, 0.5) is 5.82 Å². The van der Waals surface area contributed by atoms with Gasteiger partial charge in [0.1, 0.15) is 10.9 Å². The van der Waals surface area contributed by atoms with Gasteiger partial charge >= 0.3 is 5.97 Å². The molecule has 1 aromatic heterocycles. The Kier molecular flexibility index (Phi) is 4.24. The number of aryl methyl sites for hydroxylation is 1. The minimum Gasteiger partial charge on any atom is -0.468 e. The van der Waals surface area contributed by atoms with Crippen molar-refractivity contribution >= 4 is 21.8 Å². The van der Waals surface area contributed by atoms with Gasteiger partial charge < -0.3 is 10.5 Å². The lowest BCUT2D eigenvalue weighted by molar-refractivity contribution is -0.146. The molecule has 0 amide bonds. The van der Waals surface area contributed by atoms with E-state index in [4.69, 9.17) is 10.5 Å².